The van der Waals surface area contributed by atoms with Crippen LogP contribution in [0.5, 0.6) is 0 Å². The second kappa shape index (κ2) is 14.7. The molecule has 0 radical (unpaired) electrons. The molecule has 3 heteroatoms. The minimum absolute atomic E-state index is 0.0745. The number of anilines is 3. The predicted octanol–water partition coefficient (Wildman–Crippen LogP) is 16.7. The molecule has 0 unspecified atom stereocenters. The summed E-state index contributed by atoms with van der Waals surface area (Å²) in [5.41, 5.74) is 24.0. The first-order valence-corrected chi connectivity index (χ1v) is 22.3. The van der Waals surface area contributed by atoms with Crippen LogP contribution >= 0.6 is 11.3 Å². The number of aromatic nitrogens is 1. The highest BCUT2D eigenvalue weighted by molar-refractivity contribution is 7.21. The van der Waals surface area contributed by atoms with Crippen LogP contribution in [0.25, 0.3) is 81.3 Å². The molecular formula is C60H40N2S. The Morgan fingerprint density at radius 1 is 0.476 bits per heavy atom. The lowest BCUT2D eigenvalue weighted by molar-refractivity contribution is 0.654. The molecule has 2 aliphatic carbocycles. The van der Waals surface area contributed by atoms with Gasteiger partial charge < -0.3 is 4.90 Å². The third kappa shape index (κ3) is 6.14. The Bertz CT molecular complexity index is 3570. The topological polar surface area (TPSA) is 16.1 Å². The van der Waals surface area contributed by atoms with Crippen molar-refractivity contribution in [1.29, 1.82) is 0 Å². The molecule has 0 saturated heterocycles. The maximum absolute atomic E-state index is 5.41. The molecule has 1 aromatic heterocycles. The Kier molecular flexibility index (Phi) is 8.64. The molecule has 10 aromatic rings. The number of nitrogens with zero attached hydrogens (tertiary/aromatic N) is 2. The van der Waals surface area contributed by atoms with Gasteiger partial charge in [-0.15, -0.1) is 11.3 Å². The monoisotopic (exact) mass is 820 g/mol. The van der Waals surface area contributed by atoms with Crippen molar-refractivity contribution in [2.75, 3.05) is 4.90 Å². The van der Waals surface area contributed by atoms with Gasteiger partial charge in [0.05, 0.1) is 15.9 Å². The van der Waals surface area contributed by atoms with Gasteiger partial charge in [-0.25, -0.2) is 4.98 Å². The molecule has 1 heterocycles. The Balaban J connectivity index is 1.09. The van der Waals surface area contributed by atoms with Crippen LogP contribution in [0.15, 0.2) is 223 Å². The normalized spacial score (nSPS) is 13.6. The zero-order valence-electron chi connectivity index (χ0n) is 34.9. The lowest BCUT2D eigenvalue weighted by Crippen LogP contribution is -2.16. The first kappa shape index (κ1) is 37.0. The standard InChI is InChI=1S/C60H40N2S/c1-60(2)53-26-16-15-25-47(53)51-35-43(29-33-54(51)60)40-27-30-46(31-28-40)62(45-23-13-6-14-24-45)55-37-44(39-17-7-3-8-18-39)36-50-48-32-34-56-58(61-59(63-56)42-21-11-5-12-22-42)57(48)49(38-52(50)55)41-19-9-4-10-20-41/h3-14,17-38H,1-2H3. The molecular weight excluding hydrogens is 781 g/mol. The summed E-state index contributed by atoms with van der Waals surface area (Å²) in [5, 5.41) is 5.74. The highest BCUT2D eigenvalue weighted by Gasteiger charge is 2.36. The molecule has 0 aliphatic heterocycles. The van der Waals surface area contributed by atoms with E-state index < -0.39 is 0 Å². The number of rotatable bonds is 7. The summed E-state index contributed by atoms with van der Waals surface area (Å²) in [4.78, 5) is 7.85. The summed E-state index contributed by atoms with van der Waals surface area (Å²) < 4.78 is 1.18. The quantitative estimate of drug-likeness (QED) is 0.118. The molecule has 0 saturated carbocycles. The van der Waals surface area contributed by atoms with Gasteiger partial charge >= 0.3 is 0 Å². The lowest BCUT2D eigenvalue weighted by atomic mass is 9.80. The fraction of sp³-hybridized carbons (Fsp3) is 0.0500. The van der Waals surface area contributed by atoms with Crippen molar-refractivity contribution < 1.29 is 0 Å². The maximum atomic E-state index is 5.41. The smallest absolute Gasteiger partial charge is 0.124 e. The summed E-state index contributed by atoms with van der Waals surface area (Å²) in [5.74, 6) is 0. The van der Waals surface area contributed by atoms with E-state index in [1.165, 1.54) is 70.8 Å². The van der Waals surface area contributed by atoms with Crippen LogP contribution in [-0.2, 0) is 5.41 Å². The zero-order chi connectivity index (χ0) is 42.1. The minimum atomic E-state index is -0.0745. The summed E-state index contributed by atoms with van der Waals surface area (Å²) in [6, 6.07) is 70.7. The van der Waals surface area contributed by atoms with E-state index in [1.807, 2.05) is 0 Å². The first-order valence-electron chi connectivity index (χ1n) is 21.5. The number of hydrogen-bond donors (Lipinski definition) is 0. The minimum Gasteiger partial charge on any atom is -0.310 e. The number of fused-ring (bicyclic) bond motifs is 7. The molecule has 0 amide bonds. The third-order valence-corrected chi connectivity index (χ3v) is 14.0. The number of hydrogen-bond acceptors (Lipinski definition) is 3. The molecule has 9 aromatic carbocycles. The van der Waals surface area contributed by atoms with Gasteiger partial charge in [-0.1, -0.05) is 165 Å². The largest absolute Gasteiger partial charge is 0.310 e. The van der Waals surface area contributed by atoms with Gasteiger partial charge in [-0.3, -0.25) is 0 Å². The Morgan fingerprint density at radius 2 is 1.10 bits per heavy atom. The average molecular weight is 821 g/mol. The predicted molar refractivity (Wildman–Crippen MR) is 267 cm³/mol. The van der Waals surface area contributed by atoms with Crippen molar-refractivity contribution in [2.24, 2.45) is 0 Å². The van der Waals surface area contributed by atoms with Crippen molar-refractivity contribution in [1.82, 2.24) is 4.98 Å². The second-order valence-electron chi connectivity index (χ2n) is 17.0. The van der Waals surface area contributed by atoms with Crippen LogP contribution in [0, 0.1) is 0 Å². The van der Waals surface area contributed by atoms with Crippen LogP contribution < -0.4 is 4.90 Å². The van der Waals surface area contributed by atoms with Crippen LogP contribution in [0.3, 0.4) is 0 Å². The molecule has 296 valence electrons. The van der Waals surface area contributed by atoms with Crippen molar-refractivity contribution in [3.8, 4) is 44.0 Å². The summed E-state index contributed by atoms with van der Waals surface area (Å²) in [7, 11) is 0. The van der Waals surface area contributed by atoms with Gasteiger partial charge in [0.15, 0.2) is 0 Å². The van der Waals surface area contributed by atoms with Crippen molar-refractivity contribution in [2.45, 2.75) is 19.3 Å². The first-order chi connectivity index (χ1) is 31.0. The van der Waals surface area contributed by atoms with Gasteiger partial charge in [-0.2, -0.15) is 0 Å². The zero-order valence-corrected chi connectivity index (χ0v) is 35.7. The number of allylic oxidation sites excluding steroid dienone is 4. The number of thiazole rings is 1. The molecule has 0 atom stereocenters. The molecule has 0 bridgehead atoms. The Hall–Kier alpha value is -7.77. The molecule has 0 N–H and O–H groups in total. The van der Waals surface area contributed by atoms with Crippen molar-refractivity contribution in [3.63, 3.8) is 0 Å². The molecule has 2 aliphatic rings. The van der Waals surface area contributed by atoms with Gasteiger partial charge in [-0.05, 0) is 133 Å². The van der Waals surface area contributed by atoms with E-state index in [9.17, 15) is 0 Å². The van der Waals surface area contributed by atoms with Crippen LogP contribution in [0.4, 0.5) is 17.1 Å². The highest BCUT2D eigenvalue weighted by Crippen LogP contribution is 2.50. The Morgan fingerprint density at radius 3 is 1.83 bits per heavy atom. The van der Waals surface area contributed by atoms with Gasteiger partial charge in [0.25, 0.3) is 0 Å². The fourth-order valence-corrected chi connectivity index (χ4v) is 10.8. The number of para-hydroxylation sites is 1. The summed E-state index contributed by atoms with van der Waals surface area (Å²) >= 11 is 1.76. The molecule has 0 spiro atoms. The average Bonchev–Trinajstić information content (AvgIpc) is 3.89. The Labute approximate surface area is 371 Å². The van der Waals surface area contributed by atoms with Gasteiger partial charge in [0, 0.05) is 33.1 Å². The highest BCUT2D eigenvalue weighted by atomic mass is 32.1. The summed E-state index contributed by atoms with van der Waals surface area (Å²) in [6.45, 7) is 4.61. The van der Waals surface area contributed by atoms with Crippen molar-refractivity contribution in [3.05, 3.63) is 234 Å². The molecule has 12 rings (SSSR count). The van der Waals surface area contributed by atoms with E-state index in [0.29, 0.717) is 0 Å². The van der Waals surface area contributed by atoms with E-state index in [4.69, 9.17) is 4.98 Å². The van der Waals surface area contributed by atoms with Crippen LogP contribution in [0.2, 0.25) is 0 Å². The molecule has 63 heavy (non-hydrogen) atoms. The van der Waals surface area contributed by atoms with E-state index in [2.05, 4.69) is 236 Å². The van der Waals surface area contributed by atoms with Crippen LogP contribution in [0.1, 0.15) is 25.0 Å². The van der Waals surface area contributed by atoms with Crippen LogP contribution in [-0.4, -0.2) is 4.98 Å². The lowest BCUT2D eigenvalue weighted by Gasteiger charge is -2.28. The maximum Gasteiger partial charge on any atom is 0.124 e. The van der Waals surface area contributed by atoms with E-state index in [0.717, 1.165) is 44.3 Å². The second-order valence-corrected chi connectivity index (χ2v) is 18.0. The van der Waals surface area contributed by atoms with E-state index >= 15 is 0 Å². The molecule has 0 fully saturated rings. The van der Waals surface area contributed by atoms with Gasteiger partial charge in [0.1, 0.15) is 5.01 Å². The van der Waals surface area contributed by atoms with Gasteiger partial charge in [0.2, 0.25) is 0 Å². The van der Waals surface area contributed by atoms with E-state index in [1.54, 1.807) is 11.3 Å². The SMILES string of the molecule is CC1(C)C2=C(C=C=C=C2)c2cc(-c3ccc(N(c4ccccc4)c4cc(-c5ccccc5)cc5c4cc(-c4ccccc4)c4c5ccc5sc(-c6ccccc6)nc54)cc3)ccc21. The fourth-order valence-electron chi connectivity index (χ4n) is 9.82. The van der Waals surface area contributed by atoms with Crippen molar-refractivity contribution >= 4 is 65.7 Å². The third-order valence-electron chi connectivity index (χ3n) is 13.0. The number of benzene rings is 9. The summed E-state index contributed by atoms with van der Waals surface area (Å²) in [6.07, 6.45) is 4.20. The molecule has 2 nitrogen and oxygen atoms in total. The van der Waals surface area contributed by atoms with E-state index in [-0.39, 0.29) is 5.41 Å².